The minimum absolute atomic E-state index is 0.0957. The van der Waals surface area contributed by atoms with E-state index in [2.05, 4.69) is 32.6 Å². The Morgan fingerprint density at radius 3 is 2.26 bits per heavy atom. The van der Waals surface area contributed by atoms with E-state index in [-0.39, 0.29) is 16.7 Å². The van der Waals surface area contributed by atoms with E-state index in [0.29, 0.717) is 12.1 Å². The van der Waals surface area contributed by atoms with Gasteiger partial charge in [0.05, 0.1) is 11.6 Å². The lowest BCUT2D eigenvalue weighted by atomic mass is 9.84. The first-order valence-electron chi connectivity index (χ1n) is 12.1. The summed E-state index contributed by atoms with van der Waals surface area (Å²) in [5.41, 5.74) is 4.61. The maximum atomic E-state index is 13.3. The number of benzene rings is 2. The third kappa shape index (κ3) is 5.25. The van der Waals surface area contributed by atoms with E-state index >= 15 is 0 Å². The summed E-state index contributed by atoms with van der Waals surface area (Å²) in [6.45, 7) is 11.6. The van der Waals surface area contributed by atoms with Crippen LogP contribution in [-0.2, 0) is 21.4 Å². The van der Waals surface area contributed by atoms with Crippen molar-refractivity contribution in [1.29, 1.82) is 0 Å². The number of carbonyl (C=O) groups excluding carboxylic acids is 2. The topological polar surface area (TPSA) is 60.9 Å². The lowest BCUT2D eigenvalue weighted by Crippen LogP contribution is -2.32. The first-order valence-corrected chi connectivity index (χ1v) is 12.1. The molecule has 1 amide bonds. The van der Waals surface area contributed by atoms with Crippen molar-refractivity contribution in [1.82, 2.24) is 9.80 Å². The maximum absolute atomic E-state index is 13.3. The number of carbonyl (C=O) groups is 2. The molecule has 182 valence electrons. The van der Waals surface area contributed by atoms with Crippen LogP contribution in [0.3, 0.4) is 0 Å². The molecule has 1 aliphatic heterocycles. The average Bonchev–Trinajstić information content (AvgIpc) is 3.03. The quantitative estimate of drug-likeness (QED) is 0.348. The second kappa shape index (κ2) is 10.1. The van der Waals surface area contributed by atoms with Crippen molar-refractivity contribution in [3.63, 3.8) is 0 Å². The Hall–Kier alpha value is -2.92. The molecule has 1 atom stereocenters. The molecule has 0 spiro atoms. The normalized spacial score (nSPS) is 18.2. The second-order valence-electron chi connectivity index (χ2n) is 10.5. The smallest absolute Gasteiger partial charge is 0.295 e. The molecule has 2 aromatic rings. The molecule has 1 N–H and O–H groups in total. The Morgan fingerprint density at radius 2 is 1.71 bits per heavy atom. The van der Waals surface area contributed by atoms with Crippen LogP contribution in [0, 0.1) is 6.92 Å². The minimum Gasteiger partial charge on any atom is -0.507 e. The van der Waals surface area contributed by atoms with Gasteiger partial charge in [0.2, 0.25) is 0 Å². The van der Waals surface area contributed by atoms with Crippen molar-refractivity contribution in [2.75, 3.05) is 27.2 Å². The monoisotopic (exact) mass is 462 g/mol. The third-order valence-electron chi connectivity index (χ3n) is 6.61. The summed E-state index contributed by atoms with van der Waals surface area (Å²) in [6.07, 6.45) is 1.64. The third-order valence-corrected chi connectivity index (χ3v) is 6.61. The van der Waals surface area contributed by atoms with Crippen LogP contribution in [0.25, 0.3) is 5.76 Å². The molecule has 0 bridgehead atoms. The lowest BCUT2D eigenvalue weighted by molar-refractivity contribution is -0.139. The summed E-state index contributed by atoms with van der Waals surface area (Å²) in [5, 5.41) is 11.5. The molecule has 1 saturated heterocycles. The van der Waals surface area contributed by atoms with Crippen LogP contribution in [0.2, 0.25) is 0 Å². The molecule has 5 heteroatoms. The van der Waals surface area contributed by atoms with Crippen molar-refractivity contribution in [2.45, 2.75) is 58.9 Å². The number of aliphatic hydroxyl groups excluding tert-OH is 1. The van der Waals surface area contributed by atoms with Gasteiger partial charge in [-0.2, -0.15) is 0 Å². The Labute approximate surface area is 204 Å². The van der Waals surface area contributed by atoms with Crippen molar-refractivity contribution >= 4 is 17.4 Å². The van der Waals surface area contributed by atoms with Crippen molar-refractivity contribution in [3.8, 4) is 0 Å². The Balaban J connectivity index is 2.16. The minimum atomic E-state index is -0.618. The molecule has 1 unspecified atom stereocenters. The molecule has 1 fully saturated rings. The number of rotatable bonds is 7. The lowest BCUT2D eigenvalue weighted by Gasteiger charge is -2.26. The summed E-state index contributed by atoms with van der Waals surface area (Å²) < 4.78 is 0. The highest BCUT2D eigenvalue weighted by atomic mass is 16.3. The van der Waals surface area contributed by atoms with E-state index in [0.717, 1.165) is 36.1 Å². The highest BCUT2D eigenvalue weighted by Crippen LogP contribution is 2.40. The molecule has 1 heterocycles. The van der Waals surface area contributed by atoms with Gasteiger partial charge in [0.1, 0.15) is 5.76 Å². The molecule has 0 radical (unpaired) electrons. The summed E-state index contributed by atoms with van der Waals surface area (Å²) in [4.78, 5) is 30.2. The number of hydrogen-bond acceptors (Lipinski definition) is 4. The van der Waals surface area contributed by atoms with Gasteiger partial charge in [0, 0.05) is 12.1 Å². The number of nitrogens with zero attached hydrogens (tertiary/aromatic N) is 2. The van der Waals surface area contributed by atoms with Gasteiger partial charge in [-0.15, -0.1) is 0 Å². The maximum Gasteiger partial charge on any atom is 0.295 e. The van der Waals surface area contributed by atoms with Crippen LogP contribution in [0.5, 0.6) is 0 Å². The van der Waals surface area contributed by atoms with E-state index in [1.165, 1.54) is 5.56 Å². The van der Waals surface area contributed by atoms with Crippen LogP contribution < -0.4 is 0 Å². The highest BCUT2D eigenvalue weighted by Gasteiger charge is 2.46. The zero-order chi connectivity index (χ0) is 25.2. The van der Waals surface area contributed by atoms with E-state index in [1.807, 2.05) is 63.5 Å². The average molecular weight is 463 g/mol. The van der Waals surface area contributed by atoms with Gasteiger partial charge in [-0.1, -0.05) is 64.1 Å². The Kier molecular flexibility index (Phi) is 7.67. The molecule has 3 rings (SSSR count). The molecule has 2 aromatic carbocycles. The zero-order valence-electron chi connectivity index (χ0n) is 21.6. The molecule has 0 saturated carbocycles. The van der Waals surface area contributed by atoms with Crippen molar-refractivity contribution < 1.29 is 14.7 Å². The number of ketones is 1. The molecular weight excluding hydrogens is 424 g/mol. The van der Waals surface area contributed by atoms with Crippen molar-refractivity contribution in [2.24, 2.45) is 0 Å². The van der Waals surface area contributed by atoms with Crippen molar-refractivity contribution in [3.05, 3.63) is 75.9 Å². The fraction of sp³-hybridized carbons (Fsp3) is 0.448. The van der Waals surface area contributed by atoms with E-state index in [9.17, 15) is 14.7 Å². The number of Topliss-reactive ketones (excluding diaryl/α,β-unsaturated/α-hetero) is 1. The van der Waals surface area contributed by atoms with Gasteiger partial charge in [0.25, 0.3) is 11.7 Å². The summed E-state index contributed by atoms with van der Waals surface area (Å²) in [7, 11) is 3.97. The molecule has 1 aliphatic rings. The predicted molar refractivity (Wildman–Crippen MR) is 138 cm³/mol. The SMILES string of the molecule is CCc1ccc(C2/C(=C(\O)c3cc(C(C)(C)C)ccc3C)C(=O)C(=O)N2CCCN(C)C)cc1. The van der Waals surface area contributed by atoms with Crippen LogP contribution in [0.15, 0.2) is 48.0 Å². The van der Waals surface area contributed by atoms with Crippen LogP contribution >= 0.6 is 0 Å². The first kappa shape index (κ1) is 25.7. The van der Waals surface area contributed by atoms with Crippen LogP contribution in [0.4, 0.5) is 0 Å². The first-order chi connectivity index (χ1) is 16.0. The fourth-order valence-electron chi connectivity index (χ4n) is 4.44. The van der Waals surface area contributed by atoms with Gasteiger partial charge < -0.3 is 14.9 Å². The number of amides is 1. The Morgan fingerprint density at radius 1 is 1.06 bits per heavy atom. The number of aliphatic hydroxyl groups is 1. The molecule has 0 aliphatic carbocycles. The largest absolute Gasteiger partial charge is 0.507 e. The molecule has 0 aromatic heterocycles. The predicted octanol–water partition coefficient (Wildman–Crippen LogP) is 5.23. The van der Waals surface area contributed by atoms with E-state index in [4.69, 9.17) is 0 Å². The van der Waals surface area contributed by atoms with Crippen LogP contribution in [0.1, 0.15) is 68.0 Å². The van der Waals surface area contributed by atoms with Gasteiger partial charge in [-0.05, 0) is 74.1 Å². The van der Waals surface area contributed by atoms with E-state index < -0.39 is 17.7 Å². The molecular formula is C29H38N2O3. The Bertz CT molecular complexity index is 1090. The summed E-state index contributed by atoms with van der Waals surface area (Å²) in [6, 6.07) is 13.4. The van der Waals surface area contributed by atoms with Gasteiger partial charge in [-0.3, -0.25) is 9.59 Å². The second-order valence-corrected chi connectivity index (χ2v) is 10.5. The molecule has 34 heavy (non-hydrogen) atoms. The number of likely N-dealkylation sites (tertiary alicyclic amines) is 1. The number of aryl methyl sites for hydroxylation is 2. The zero-order valence-corrected chi connectivity index (χ0v) is 21.6. The highest BCUT2D eigenvalue weighted by molar-refractivity contribution is 6.46. The van der Waals surface area contributed by atoms with Gasteiger partial charge >= 0.3 is 0 Å². The van der Waals surface area contributed by atoms with Gasteiger partial charge in [0.15, 0.2) is 0 Å². The van der Waals surface area contributed by atoms with E-state index in [1.54, 1.807) is 4.90 Å². The van der Waals surface area contributed by atoms with Crippen LogP contribution in [-0.4, -0.2) is 53.8 Å². The molecule has 5 nitrogen and oxygen atoms in total. The number of hydrogen-bond donors (Lipinski definition) is 1. The summed E-state index contributed by atoms with van der Waals surface area (Å²) >= 11 is 0. The summed E-state index contributed by atoms with van der Waals surface area (Å²) in [5.74, 6) is -1.26. The van der Waals surface area contributed by atoms with Gasteiger partial charge in [-0.25, -0.2) is 0 Å². The fourth-order valence-corrected chi connectivity index (χ4v) is 4.44. The standard InChI is InChI=1S/C29H38N2O3/c1-8-20-11-13-21(14-12-20)25-24(27(33)28(34)31(25)17-9-16-30(6)7)26(32)23-18-22(29(3,4)5)15-10-19(23)2/h10-15,18,25,32H,8-9,16-17H2,1-7H3/b26-24+.